The van der Waals surface area contributed by atoms with E-state index in [1.165, 1.54) is 0 Å². The number of anilines is 2. The van der Waals surface area contributed by atoms with Crippen molar-refractivity contribution in [2.45, 2.75) is 26.2 Å². The number of ether oxygens (including phenoxy) is 1. The summed E-state index contributed by atoms with van der Waals surface area (Å²) in [7, 11) is 1.66. The third-order valence-electron chi connectivity index (χ3n) is 2.03. The van der Waals surface area contributed by atoms with Gasteiger partial charge in [-0.3, -0.25) is 0 Å². The Labute approximate surface area is 96.4 Å². The summed E-state index contributed by atoms with van der Waals surface area (Å²) in [6.45, 7) is 7.51. The van der Waals surface area contributed by atoms with E-state index in [2.05, 4.69) is 36.1 Å². The van der Waals surface area contributed by atoms with E-state index in [0.717, 1.165) is 11.6 Å². The zero-order valence-corrected chi connectivity index (χ0v) is 10.4. The maximum Gasteiger partial charge on any atom is 0.138 e. The number of methoxy groups -OCH3 is 1. The van der Waals surface area contributed by atoms with Gasteiger partial charge in [-0.15, -0.1) is 0 Å². The quantitative estimate of drug-likeness (QED) is 0.757. The number of hydrogen-bond acceptors (Lipinski definition) is 5. The molecule has 16 heavy (non-hydrogen) atoms. The third-order valence-corrected chi connectivity index (χ3v) is 2.03. The number of nitrogens with zero attached hydrogens (tertiary/aromatic N) is 2. The Morgan fingerprint density at radius 1 is 1.38 bits per heavy atom. The van der Waals surface area contributed by atoms with Crippen molar-refractivity contribution < 1.29 is 4.74 Å². The molecule has 1 aromatic rings. The molecular formula is C11H20N4O. The number of hydrogen-bond donors (Lipinski definition) is 2. The van der Waals surface area contributed by atoms with E-state index in [1.54, 1.807) is 13.2 Å². The molecular weight excluding hydrogens is 204 g/mol. The Morgan fingerprint density at radius 2 is 2.06 bits per heavy atom. The van der Waals surface area contributed by atoms with Gasteiger partial charge < -0.3 is 15.8 Å². The van der Waals surface area contributed by atoms with E-state index in [0.29, 0.717) is 19.0 Å². The van der Waals surface area contributed by atoms with Gasteiger partial charge in [-0.2, -0.15) is 0 Å². The number of rotatable bonds is 4. The van der Waals surface area contributed by atoms with Gasteiger partial charge in [0.25, 0.3) is 0 Å². The predicted molar refractivity (Wildman–Crippen MR) is 65.5 cm³/mol. The summed E-state index contributed by atoms with van der Waals surface area (Å²) in [4.78, 5) is 8.65. The van der Waals surface area contributed by atoms with Crippen LogP contribution in [0.4, 0.5) is 11.6 Å². The van der Waals surface area contributed by atoms with Crippen LogP contribution in [0.15, 0.2) is 6.07 Å². The molecule has 0 amide bonds. The SMILES string of the molecule is COCCNc1cc(N)nc(C(C)(C)C)n1. The van der Waals surface area contributed by atoms with Gasteiger partial charge in [0.15, 0.2) is 0 Å². The van der Waals surface area contributed by atoms with Crippen LogP contribution in [0.5, 0.6) is 0 Å². The first kappa shape index (κ1) is 12.7. The molecule has 0 spiro atoms. The minimum absolute atomic E-state index is 0.104. The first-order chi connectivity index (χ1) is 7.43. The highest BCUT2D eigenvalue weighted by molar-refractivity contribution is 5.45. The number of aromatic nitrogens is 2. The third kappa shape index (κ3) is 3.66. The van der Waals surface area contributed by atoms with Crippen molar-refractivity contribution >= 4 is 11.6 Å². The molecule has 0 saturated carbocycles. The molecule has 0 bridgehead atoms. The Bertz CT molecular complexity index is 346. The molecule has 1 aromatic heterocycles. The number of nitrogen functional groups attached to an aromatic ring is 1. The number of nitrogens with one attached hydrogen (secondary N) is 1. The fraction of sp³-hybridized carbons (Fsp3) is 0.636. The van der Waals surface area contributed by atoms with Crippen molar-refractivity contribution in [3.63, 3.8) is 0 Å². The van der Waals surface area contributed by atoms with Crippen LogP contribution in [-0.4, -0.2) is 30.2 Å². The summed E-state index contributed by atoms with van der Waals surface area (Å²) in [5, 5.41) is 3.14. The van der Waals surface area contributed by atoms with Crippen molar-refractivity contribution in [3.8, 4) is 0 Å². The van der Waals surface area contributed by atoms with E-state index in [-0.39, 0.29) is 5.41 Å². The topological polar surface area (TPSA) is 73.1 Å². The molecule has 1 rings (SSSR count). The first-order valence-corrected chi connectivity index (χ1v) is 5.31. The van der Waals surface area contributed by atoms with E-state index in [1.807, 2.05) is 0 Å². The summed E-state index contributed by atoms with van der Waals surface area (Å²) in [5.74, 6) is 1.97. The molecule has 0 saturated heterocycles. The fourth-order valence-corrected chi connectivity index (χ4v) is 1.17. The summed E-state index contributed by atoms with van der Waals surface area (Å²) in [6, 6.07) is 1.73. The van der Waals surface area contributed by atoms with Crippen LogP contribution in [0, 0.1) is 0 Å². The number of nitrogens with two attached hydrogens (primary N) is 1. The molecule has 0 unspecified atom stereocenters. The van der Waals surface area contributed by atoms with Crippen LogP contribution >= 0.6 is 0 Å². The molecule has 90 valence electrons. The Balaban J connectivity index is 2.82. The van der Waals surface area contributed by atoms with Crippen molar-refractivity contribution in [1.82, 2.24) is 9.97 Å². The summed E-state index contributed by atoms with van der Waals surface area (Å²) >= 11 is 0. The van der Waals surface area contributed by atoms with Crippen molar-refractivity contribution in [2.75, 3.05) is 31.3 Å². The maximum atomic E-state index is 5.74. The minimum Gasteiger partial charge on any atom is -0.384 e. The smallest absolute Gasteiger partial charge is 0.138 e. The van der Waals surface area contributed by atoms with Crippen molar-refractivity contribution in [2.24, 2.45) is 0 Å². The molecule has 0 radical (unpaired) electrons. The highest BCUT2D eigenvalue weighted by atomic mass is 16.5. The van der Waals surface area contributed by atoms with E-state index in [4.69, 9.17) is 10.5 Å². The predicted octanol–water partition coefficient (Wildman–Crippen LogP) is 1.41. The van der Waals surface area contributed by atoms with Crippen LogP contribution < -0.4 is 11.1 Å². The molecule has 1 heterocycles. The molecule has 3 N–H and O–H groups in total. The lowest BCUT2D eigenvalue weighted by molar-refractivity contribution is 0.210. The second-order valence-electron chi connectivity index (χ2n) is 4.67. The lowest BCUT2D eigenvalue weighted by atomic mass is 9.96. The van der Waals surface area contributed by atoms with Gasteiger partial charge in [-0.25, -0.2) is 9.97 Å². The summed E-state index contributed by atoms with van der Waals surface area (Å²) in [5.41, 5.74) is 5.63. The molecule has 0 aliphatic rings. The Morgan fingerprint density at radius 3 is 2.62 bits per heavy atom. The average molecular weight is 224 g/mol. The van der Waals surface area contributed by atoms with E-state index < -0.39 is 0 Å². The van der Waals surface area contributed by atoms with Crippen molar-refractivity contribution in [1.29, 1.82) is 0 Å². The molecule has 5 nitrogen and oxygen atoms in total. The fourth-order valence-electron chi connectivity index (χ4n) is 1.17. The van der Waals surface area contributed by atoms with Crippen LogP contribution in [0.25, 0.3) is 0 Å². The molecule has 0 fully saturated rings. The molecule has 0 atom stereocenters. The average Bonchev–Trinajstić information content (AvgIpc) is 2.16. The minimum atomic E-state index is -0.104. The lowest BCUT2D eigenvalue weighted by Crippen LogP contribution is -2.19. The highest BCUT2D eigenvalue weighted by Crippen LogP contribution is 2.20. The van der Waals surface area contributed by atoms with Crippen LogP contribution in [-0.2, 0) is 10.2 Å². The van der Waals surface area contributed by atoms with Gasteiger partial charge >= 0.3 is 0 Å². The van der Waals surface area contributed by atoms with Crippen molar-refractivity contribution in [3.05, 3.63) is 11.9 Å². The molecule has 5 heteroatoms. The lowest BCUT2D eigenvalue weighted by Gasteiger charge is -2.18. The van der Waals surface area contributed by atoms with Gasteiger partial charge in [-0.05, 0) is 0 Å². The first-order valence-electron chi connectivity index (χ1n) is 5.31. The second-order valence-corrected chi connectivity index (χ2v) is 4.67. The van der Waals surface area contributed by atoms with Gasteiger partial charge in [0.1, 0.15) is 17.5 Å². The van der Waals surface area contributed by atoms with Crippen LogP contribution in [0.3, 0.4) is 0 Å². The zero-order valence-electron chi connectivity index (χ0n) is 10.4. The normalized spacial score (nSPS) is 11.5. The largest absolute Gasteiger partial charge is 0.384 e. The van der Waals surface area contributed by atoms with Gasteiger partial charge in [0.2, 0.25) is 0 Å². The molecule has 0 aromatic carbocycles. The maximum absolute atomic E-state index is 5.74. The Kier molecular flexibility index (Phi) is 4.06. The Hall–Kier alpha value is -1.36. The van der Waals surface area contributed by atoms with Gasteiger partial charge in [0.05, 0.1) is 6.61 Å². The van der Waals surface area contributed by atoms with Crippen LogP contribution in [0.1, 0.15) is 26.6 Å². The monoisotopic (exact) mass is 224 g/mol. The summed E-state index contributed by atoms with van der Waals surface area (Å²) in [6.07, 6.45) is 0. The standard InChI is InChI=1S/C11H20N4O/c1-11(2,3)10-14-8(12)7-9(15-10)13-5-6-16-4/h7H,5-6H2,1-4H3,(H3,12,13,14,15). The van der Waals surface area contributed by atoms with Crippen LogP contribution in [0.2, 0.25) is 0 Å². The molecule has 0 aliphatic carbocycles. The molecule has 0 aliphatic heterocycles. The van der Waals surface area contributed by atoms with Gasteiger partial charge in [0, 0.05) is 25.1 Å². The van der Waals surface area contributed by atoms with E-state index in [9.17, 15) is 0 Å². The zero-order chi connectivity index (χ0) is 12.2. The van der Waals surface area contributed by atoms with E-state index >= 15 is 0 Å². The van der Waals surface area contributed by atoms with Gasteiger partial charge in [-0.1, -0.05) is 20.8 Å². The summed E-state index contributed by atoms with van der Waals surface area (Å²) < 4.78 is 4.95. The highest BCUT2D eigenvalue weighted by Gasteiger charge is 2.18. The second kappa shape index (κ2) is 5.12.